The van der Waals surface area contributed by atoms with E-state index in [0.29, 0.717) is 12.8 Å². The molecule has 0 spiro atoms. The predicted octanol–water partition coefficient (Wildman–Crippen LogP) is 0.198. The van der Waals surface area contributed by atoms with Gasteiger partial charge in [-0.15, -0.1) is 0 Å². The molecule has 0 aliphatic heterocycles. The lowest BCUT2D eigenvalue weighted by Gasteiger charge is -2.24. The standard InChI is InChI=1S/C7H13NO4S/c1-12-6(9)7(8-13(10)11)4-2-3-5-7/h8H,2-5H2,1H3,(H,10,11). The first-order chi connectivity index (χ1) is 6.10. The van der Waals surface area contributed by atoms with Crippen LogP contribution in [-0.4, -0.2) is 27.4 Å². The Balaban J connectivity index is 2.74. The molecule has 1 atom stereocenters. The van der Waals surface area contributed by atoms with Gasteiger partial charge in [0.2, 0.25) is 11.3 Å². The van der Waals surface area contributed by atoms with Gasteiger partial charge in [0.15, 0.2) is 0 Å². The maximum absolute atomic E-state index is 11.3. The molecule has 1 rings (SSSR count). The Hall–Kier alpha value is -0.460. The van der Waals surface area contributed by atoms with Crippen LogP contribution in [0.3, 0.4) is 0 Å². The molecular formula is C7H13NO4S. The molecule has 0 amide bonds. The fourth-order valence-electron chi connectivity index (χ4n) is 1.69. The Kier molecular flexibility index (Phi) is 3.40. The quantitative estimate of drug-likeness (QED) is 0.512. The van der Waals surface area contributed by atoms with Crippen LogP contribution in [0.2, 0.25) is 0 Å². The van der Waals surface area contributed by atoms with E-state index in [-0.39, 0.29) is 0 Å². The number of carbonyl (C=O) groups is 1. The Morgan fingerprint density at radius 3 is 2.46 bits per heavy atom. The summed E-state index contributed by atoms with van der Waals surface area (Å²) in [6.07, 6.45) is 2.87. The predicted molar refractivity (Wildman–Crippen MR) is 47.1 cm³/mol. The highest BCUT2D eigenvalue weighted by Crippen LogP contribution is 2.30. The van der Waals surface area contributed by atoms with E-state index in [2.05, 4.69) is 9.46 Å². The Morgan fingerprint density at radius 2 is 2.08 bits per heavy atom. The lowest BCUT2D eigenvalue weighted by molar-refractivity contribution is -0.147. The highest BCUT2D eigenvalue weighted by atomic mass is 32.2. The topological polar surface area (TPSA) is 75.6 Å². The third kappa shape index (κ3) is 2.26. The third-order valence-corrected chi connectivity index (χ3v) is 2.88. The summed E-state index contributed by atoms with van der Waals surface area (Å²) < 4.78 is 26.2. The fourth-order valence-corrected chi connectivity index (χ4v) is 2.31. The van der Waals surface area contributed by atoms with Gasteiger partial charge >= 0.3 is 5.97 Å². The number of hydrogen-bond acceptors (Lipinski definition) is 3. The van der Waals surface area contributed by atoms with Gasteiger partial charge in [0, 0.05) is 0 Å². The molecule has 0 heterocycles. The number of rotatable bonds is 3. The van der Waals surface area contributed by atoms with Crippen LogP contribution in [0, 0.1) is 0 Å². The molecule has 0 bridgehead atoms. The summed E-state index contributed by atoms with van der Waals surface area (Å²) in [6, 6.07) is 0. The molecule has 6 heteroatoms. The van der Waals surface area contributed by atoms with Gasteiger partial charge in [-0.25, -0.2) is 4.21 Å². The largest absolute Gasteiger partial charge is 0.468 e. The van der Waals surface area contributed by atoms with E-state index in [0.717, 1.165) is 12.8 Å². The molecule has 0 saturated heterocycles. The van der Waals surface area contributed by atoms with Crippen molar-refractivity contribution in [3.8, 4) is 0 Å². The smallest absolute Gasteiger partial charge is 0.327 e. The first kappa shape index (κ1) is 10.6. The molecule has 1 aliphatic rings. The monoisotopic (exact) mass is 207 g/mol. The lowest BCUT2D eigenvalue weighted by atomic mass is 10.00. The number of nitrogens with one attached hydrogen (secondary N) is 1. The summed E-state index contributed by atoms with van der Waals surface area (Å²) >= 11 is -2.17. The van der Waals surface area contributed by atoms with E-state index in [1.165, 1.54) is 7.11 Å². The molecular weight excluding hydrogens is 194 g/mol. The van der Waals surface area contributed by atoms with E-state index >= 15 is 0 Å². The van der Waals surface area contributed by atoms with Crippen LogP contribution < -0.4 is 4.72 Å². The molecule has 1 saturated carbocycles. The molecule has 0 aromatic heterocycles. The summed E-state index contributed by atoms with van der Waals surface area (Å²) in [5.41, 5.74) is -0.936. The van der Waals surface area contributed by atoms with Crippen molar-refractivity contribution in [2.45, 2.75) is 31.2 Å². The first-order valence-electron chi connectivity index (χ1n) is 4.08. The van der Waals surface area contributed by atoms with Gasteiger partial charge in [-0.1, -0.05) is 12.8 Å². The minimum atomic E-state index is -2.17. The van der Waals surface area contributed by atoms with Gasteiger partial charge in [0.05, 0.1) is 7.11 Å². The fraction of sp³-hybridized carbons (Fsp3) is 0.857. The van der Waals surface area contributed by atoms with Crippen molar-refractivity contribution < 1.29 is 18.3 Å². The Morgan fingerprint density at radius 1 is 1.54 bits per heavy atom. The van der Waals surface area contributed by atoms with Crippen LogP contribution in [0.4, 0.5) is 0 Å². The Bertz CT molecular complexity index is 225. The van der Waals surface area contributed by atoms with Crippen LogP contribution in [-0.2, 0) is 20.8 Å². The Labute approximate surface area is 79.3 Å². The van der Waals surface area contributed by atoms with Gasteiger partial charge in [0.1, 0.15) is 5.54 Å². The molecule has 2 N–H and O–H groups in total. The van der Waals surface area contributed by atoms with Crippen LogP contribution >= 0.6 is 0 Å². The second-order valence-corrected chi connectivity index (χ2v) is 3.83. The van der Waals surface area contributed by atoms with Crippen molar-refractivity contribution in [1.82, 2.24) is 4.72 Å². The van der Waals surface area contributed by atoms with Gasteiger partial charge in [-0.2, -0.15) is 4.72 Å². The minimum Gasteiger partial charge on any atom is -0.468 e. The lowest BCUT2D eigenvalue weighted by Crippen LogP contribution is -2.51. The highest BCUT2D eigenvalue weighted by Gasteiger charge is 2.43. The summed E-state index contributed by atoms with van der Waals surface area (Å²) in [4.78, 5) is 11.3. The maximum atomic E-state index is 11.3. The van der Waals surface area contributed by atoms with Crippen LogP contribution in [0.15, 0.2) is 0 Å². The molecule has 5 nitrogen and oxygen atoms in total. The second kappa shape index (κ2) is 4.17. The van der Waals surface area contributed by atoms with Crippen LogP contribution in [0.5, 0.6) is 0 Å². The molecule has 0 aromatic rings. The maximum Gasteiger partial charge on any atom is 0.327 e. The van der Waals surface area contributed by atoms with Crippen molar-refractivity contribution in [2.24, 2.45) is 0 Å². The van der Waals surface area contributed by atoms with E-state index in [1.54, 1.807) is 0 Å². The number of carbonyl (C=O) groups excluding carboxylic acids is 1. The average molecular weight is 207 g/mol. The molecule has 0 radical (unpaired) electrons. The summed E-state index contributed by atoms with van der Waals surface area (Å²) in [6.45, 7) is 0. The zero-order chi connectivity index (χ0) is 9.90. The van der Waals surface area contributed by atoms with E-state index in [1.807, 2.05) is 0 Å². The summed E-state index contributed by atoms with van der Waals surface area (Å²) in [5, 5.41) is 0. The highest BCUT2D eigenvalue weighted by molar-refractivity contribution is 7.77. The van der Waals surface area contributed by atoms with Crippen LogP contribution in [0.1, 0.15) is 25.7 Å². The number of ether oxygens (including phenoxy) is 1. The SMILES string of the molecule is COC(=O)C1(NS(=O)O)CCCC1. The zero-order valence-corrected chi connectivity index (χ0v) is 8.23. The second-order valence-electron chi connectivity index (χ2n) is 3.13. The normalized spacial score (nSPS) is 22.6. The summed E-state index contributed by atoms with van der Waals surface area (Å²) in [7, 11) is 1.28. The van der Waals surface area contributed by atoms with Crippen molar-refractivity contribution >= 4 is 17.2 Å². The summed E-state index contributed by atoms with van der Waals surface area (Å²) in [5.74, 6) is -0.451. The van der Waals surface area contributed by atoms with Crippen molar-refractivity contribution in [2.75, 3.05) is 7.11 Å². The molecule has 0 aromatic carbocycles. The molecule has 1 aliphatic carbocycles. The number of methoxy groups -OCH3 is 1. The van der Waals surface area contributed by atoms with Gasteiger partial charge in [0.25, 0.3) is 0 Å². The average Bonchev–Trinajstić information content (AvgIpc) is 2.51. The molecule has 76 valence electrons. The van der Waals surface area contributed by atoms with Crippen molar-refractivity contribution in [1.29, 1.82) is 0 Å². The minimum absolute atomic E-state index is 0.451. The number of hydrogen-bond donors (Lipinski definition) is 2. The van der Waals surface area contributed by atoms with Crippen molar-refractivity contribution in [3.05, 3.63) is 0 Å². The number of esters is 1. The molecule has 13 heavy (non-hydrogen) atoms. The van der Waals surface area contributed by atoms with Gasteiger partial charge < -0.3 is 4.74 Å². The van der Waals surface area contributed by atoms with Crippen LogP contribution in [0.25, 0.3) is 0 Å². The molecule has 1 fully saturated rings. The van der Waals surface area contributed by atoms with Crippen molar-refractivity contribution in [3.63, 3.8) is 0 Å². The third-order valence-electron chi connectivity index (χ3n) is 2.32. The van der Waals surface area contributed by atoms with Gasteiger partial charge in [-0.05, 0) is 12.8 Å². The van der Waals surface area contributed by atoms with Gasteiger partial charge in [-0.3, -0.25) is 9.35 Å². The van der Waals surface area contributed by atoms with E-state index < -0.39 is 22.8 Å². The van der Waals surface area contributed by atoms with E-state index in [4.69, 9.17) is 4.55 Å². The van der Waals surface area contributed by atoms with E-state index in [9.17, 15) is 9.00 Å². The zero-order valence-electron chi connectivity index (χ0n) is 7.41. The first-order valence-corrected chi connectivity index (χ1v) is 5.18. The molecule has 1 unspecified atom stereocenters.